The Kier molecular flexibility index (Phi) is 11.1. The van der Waals surface area contributed by atoms with E-state index in [2.05, 4.69) is 0 Å². The summed E-state index contributed by atoms with van der Waals surface area (Å²) < 4.78 is 58.9. The fourth-order valence-electron chi connectivity index (χ4n) is 6.27. The predicted octanol–water partition coefficient (Wildman–Crippen LogP) is -2.79. The van der Waals surface area contributed by atoms with Gasteiger partial charge < -0.3 is 83.1 Å². The molecule has 0 aromatic carbocycles. The van der Waals surface area contributed by atoms with Crippen molar-refractivity contribution in [3.8, 4) is 0 Å². The monoisotopic (exact) mass is 670 g/mol. The van der Waals surface area contributed by atoms with Gasteiger partial charge in [0.1, 0.15) is 73.2 Å². The first-order valence-corrected chi connectivity index (χ1v) is 15.7. The van der Waals surface area contributed by atoms with Crippen molar-refractivity contribution in [2.24, 2.45) is 0 Å². The molecule has 5 heterocycles. The molecule has 5 rings (SSSR count). The maximum Gasteiger partial charge on any atom is 0.187 e. The standard InChI is InChI=1S/C29H50O17/c1-10-19(41-25-18(36)21(13(31)9-38-25)42-24-16(34)14(32)12(30)8-37-24)15(33)17(35)26(39-10)43-23-22-20(44-29(6,7)45-22)11(2)40-27(23)46-28(3,4)5/h10-27,30-36H,8-9H2,1-7H3/t10?,11?,12-,13-,14+,15?,16?,17+,18?,19+,20+,21+,22+,23?,24+,25+,26?,27+/m1/s1. The van der Waals surface area contributed by atoms with E-state index < -0.39 is 122 Å². The van der Waals surface area contributed by atoms with E-state index in [9.17, 15) is 35.7 Å². The summed E-state index contributed by atoms with van der Waals surface area (Å²) in [4.78, 5) is 0. The van der Waals surface area contributed by atoms with Gasteiger partial charge in [-0.15, -0.1) is 0 Å². The minimum Gasteiger partial charge on any atom is -0.388 e. The van der Waals surface area contributed by atoms with E-state index in [0.717, 1.165) is 0 Å². The van der Waals surface area contributed by atoms with E-state index in [0.29, 0.717) is 0 Å². The van der Waals surface area contributed by atoms with Crippen LogP contribution < -0.4 is 0 Å². The molecule has 0 bridgehead atoms. The third kappa shape index (κ3) is 7.71. The van der Waals surface area contributed by atoms with E-state index in [4.69, 9.17) is 47.4 Å². The highest BCUT2D eigenvalue weighted by Crippen LogP contribution is 2.41. The molecular weight excluding hydrogens is 620 g/mol. The number of aliphatic hydroxyl groups is 7. The molecule has 0 aromatic heterocycles. The molecule has 7 N–H and O–H groups in total. The lowest BCUT2D eigenvalue weighted by Gasteiger charge is -2.48. The van der Waals surface area contributed by atoms with Gasteiger partial charge in [0.05, 0.1) is 31.0 Å². The maximum atomic E-state index is 11.2. The maximum absolute atomic E-state index is 11.2. The van der Waals surface area contributed by atoms with Crippen molar-refractivity contribution < 1.29 is 83.1 Å². The van der Waals surface area contributed by atoms with Crippen molar-refractivity contribution in [2.75, 3.05) is 13.2 Å². The molecule has 0 saturated carbocycles. The van der Waals surface area contributed by atoms with Crippen LogP contribution in [0.25, 0.3) is 0 Å². The van der Waals surface area contributed by atoms with Gasteiger partial charge in [-0.25, -0.2) is 0 Å². The number of fused-ring (bicyclic) bond motifs is 1. The first kappa shape index (κ1) is 36.6. The number of hydrogen-bond acceptors (Lipinski definition) is 17. The number of aliphatic hydroxyl groups excluding tert-OH is 7. The van der Waals surface area contributed by atoms with Crippen LogP contribution in [0.15, 0.2) is 0 Å². The number of ether oxygens (including phenoxy) is 10. The van der Waals surface area contributed by atoms with Crippen LogP contribution in [0.3, 0.4) is 0 Å². The van der Waals surface area contributed by atoms with Crippen LogP contribution in [-0.4, -0.2) is 171 Å². The van der Waals surface area contributed by atoms with Gasteiger partial charge in [0.25, 0.3) is 0 Å². The normalized spacial score (nSPS) is 51.5. The number of rotatable bonds is 7. The van der Waals surface area contributed by atoms with E-state index in [1.807, 2.05) is 27.7 Å². The third-order valence-electron chi connectivity index (χ3n) is 8.57. The molecule has 7 unspecified atom stereocenters. The molecular formula is C29H50O17. The van der Waals surface area contributed by atoms with Gasteiger partial charge in [-0.3, -0.25) is 0 Å². The summed E-state index contributed by atoms with van der Waals surface area (Å²) in [6, 6.07) is 0. The van der Waals surface area contributed by atoms with E-state index in [-0.39, 0.29) is 13.2 Å². The Morgan fingerprint density at radius 1 is 0.565 bits per heavy atom. The topological polar surface area (TPSA) is 234 Å². The number of hydrogen-bond donors (Lipinski definition) is 7. The summed E-state index contributed by atoms with van der Waals surface area (Å²) in [7, 11) is 0. The van der Waals surface area contributed by atoms with Crippen molar-refractivity contribution in [1.82, 2.24) is 0 Å². The van der Waals surface area contributed by atoms with Crippen molar-refractivity contribution in [2.45, 2.75) is 170 Å². The summed E-state index contributed by atoms with van der Waals surface area (Å²) in [6.45, 7) is 11.8. The third-order valence-corrected chi connectivity index (χ3v) is 8.57. The summed E-state index contributed by atoms with van der Waals surface area (Å²) >= 11 is 0. The van der Waals surface area contributed by atoms with Gasteiger partial charge in [-0.05, 0) is 48.5 Å². The lowest BCUT2D eigenvalue weighted by molar-refractivity contribution is -0.380. The molecule has 5 fully saturated rings. The van der Waals surface area contributed by atoms with Crippen LogP contribution in [-0.2, 0) is 47.4 Å². The average Bonchev–Trinajstić information content (AvgIpc) is 3.29. The molecule has 18 atom stereocenters. The summed E-state index contributed by atoms with van der Waals surface area (Å²) in [5.41, 5.74) is -0.635. The second kappa shape index (κ2) is 13.9. The van der Waals surface area contributed by atoms with Crippen molar-refractivity contribution in [1.29, 1.82) is 0 Å². The van der Waals surface area contributed by atoms with E-state index >= 15 is 0 Å². The predicted molar refractivity (Wildman–Crippen MR) is 149 cm³/mol. The molecule has 17 heteroatoms. The van der Waals surface area contributed by atoms with Gasteiger partial charge in [-0.2, -0.15) is 0 Å². The summed E-state index contributed by atoms with van der Waals surface area (Å²) in [5.74, 6) is -0.943. The zero-order valence-electron chi connectivity index (χ0n) is 27.0. The van der Waals surface area contributed by atoms with Crippen LogP contribution in [0.4, 0.5) is 0 Å². The largest absolute Gasteiger partial charge is 0.388 e. The molecule has 268 valence electrons. The van der Waals surface area contributed by atoms with Gasteiger partial charge in [0, 0.05) is 0 Å². The molecule has 5 aliphatic heterocycles. The smallest absolute Gasteiger partial charge is 0.187 e. The molecule has 5 saturated heterocycles. The molecule has 17 nitrogen and oxygen atoms in total. The highest BCUT2D eigenvalue weighted by atomic mass is 16.8. The van der Waals surface area contributed by atoms with Gasteiger partial charge in [0.2, 0.25) is 0 Å². The fraction of sp³-hybridized carbons (Fsp3) is 1.00. The average molecular weight is 671 g/mol. The molecule has 0 amide bonds. The second-order valence-electron chi connectivity index (χ2n) is 14.0. The van der Waals surface area contributed by atoms with Crippen LogP contribution in [0, 0.1) is 0 Å². The highest BCUT2D eigenvalue weighted by Gasteiger charge is 2.58. The Labute approximate surface area is 267 Å². The zero-order valence-corrected chi connectivity index (χ0v) is 27.0. The zero-order chi connectivity index (χ0) is 33.9. The fourth-order valence-corrected chi connectivity index (χ4v) is 6.27. The Morgan fingerprint density at radius 2 is 1.09 bits per heavy atom. The van der Waals surface area contributed by atoms with Gasteiger partial charge in [0.15, 0.2) is 30.9 Å². The lowest BCUT2D eigenvalue weighted by Crippen LogP contribution is -2.65. The first-order valence-electron chi connectivity index (χ1n) is 15.7. The first-order chi connectivity index (χ1) is 21.4. The minimum absolute atomic E-state index is 0.351. The van der Waals surface area contributed by atoms with Crippen LogP contribution in [0.1, 0.15) is 48.5 Å². The Morgan fingerprint density at radius 3 is 1.74 bits per heavy atom. The van der Waals surface area contributed by atoms with E-state index in [1.54, 1.807) is 20.8 Å². The van der Waals surface area contributed by atoms with Crippen molar-refractivity contribution in [3.63, 3.8) is 0 Å². The second-order valence-corrected chi connectivity index (χ2v) is 14.0. The van der Waals surface area contributed by atoms with Crippen molar-refractivity contribution >= 4 is 0 Å². The molecule has 0 aromatic rings. The van der Waals surface area contributed by atoms with Crippen LogP contribution >= 0.6 is 0 Å². The molecule has 5 aliphatic rings. The molecule has 0 radical (unpaired) electrons. The lowest BCUT2D eigenvalue weighted by atomic mass is 9.97. The minimum atomic E-state index is -1.68. The summed E-state index contributed by atoms with van der Waals surface area (Å²) in [6.07, 6.45) is -22.3. The SMILES string of the molecule is CC1OC(OC2[C@H](OC(C)(C)C)OC(C)[C@@H]3OC(C)(C)O[C@H]23)[C@@H](O)C(O)[C@H]1O[C@@H]1OC[C@@H](O)[C@H](O[C@@H]2OC[C@@H](O)[C@H](O)C2O)C1O. The van der Waals surface area contributed by atoms with Gasteiger partial charge >= 0.3 is 0 Å². The quantitative estimate of drug-likeness (QED) is 0.145. The van der Waals surface area contributed by atoms with Crippen LogP contribution in [0.2, 0.25) is 0 Å². The Bertz CT molecular complexity index is 1010. The van der Waals surface area contributed by atoms with Crippen LogP contribution in [0.5, 0.6) is 0 Å². The van der Waals surface area contributed by atoms with Crippen molar-refractivity contribution in [3.05, 3.63) is 0 Å². The Hall–Kier alpha value is -0.680. The van der Waals surface area contributed by atoms with Gasteiger partial charge in [-0.1, -0.05) is 0 Å². The molecule has 0 spiro atoms. The Balaban J connectivity index is 1.25. The summed E-state index contributed by atoms with van der Waals surface area (Å²) in [5, 5.41) is 73.7. The van der Waals surface area contributed by atoms with E-state index in [1.165, 1.54) is 0 Å². The molecule has 0 aliphatic carbocycles. The highest BCUT2D eigenvalue weighted by molar-refractivity contribution is 4.98. The molecule has 46 heavy (non-hydrogen) atoms.